The minimum absolute atomic E-state index is 0.0260. The van der Waals surface area contributed by atoms with E-state index in [0.717, 1.165) is 30.0 Å². The molecule has 2 aromatic rings. The third-order valence-corrected chi connectivity index (χ3v) is 4.60. The molecule has 1 atom stereocenters. The first-order valence-electron chi connectivity index (χ1n) is 7.08. The molecule has 112 valence electrons. The van der Waals surface area contributed by atoms with Crippen LogP contribution in [0.5, 0.6) is 0 Å². The molecule has 3 heterocycles. The van der Waals surface area contributed by atoms with E-state index < -0.39 is 0 Å². The first-order valence-corrected chi connectivity index (χ1v) is 7.96. The third-order valence-electron chi connectivity index (χ3n) is 3.74. The van der Waals surface area contributed by atoms with Gasteiger partial charge in [-0.1, -0.05) is 6.07 Å². The second-order valence-corrected chi connectivity index (χ2v) is 6.43. The molecule has 0 spiro atoms. The molecule has 0 aromatic carbocycles. The fraction of sp³-hybridized carbons (Fsp3) is 0.467. The molecule has 1 aliphatic heterocycles. The fourth-order valence-electron chi connectivity index (χ4n) is 2.69. The van der Waals surface area contributed by atoms with E-state index in [4.69, 9.17) is 4.42 Å². The average molecular weight is 305 g/mol. The standard InChI is InChI=1S/C15H19N3O2S/c1-17(2)15(19)12-5-3-7-18(12)9-11-10-20-14(16-11)13-6-4-8-21-13/h4,6,8,10,12H,3,5,7,9H2,1-2H3. The number of carbonyl (C=O) groups is 1. The number of oxazole rings is 1. The van der Waals surface area contributed by atoms with Crippen molar-refractivity contribution in [1.82, 2.24) is 14.8 Å². The highest BCUT2D eigenvalue weighted by Gasteiger charge is 2.32. The van der Waals surface area contributed by atoms with Gasteiger partial charge in [0.1, 0.15) is 6.26 Å². The van der Waals surface area contributed by atoms with E-state index in [1.807, 2.05) is 31.6 Å². The maximum Gasteiger partial charge on any atom is 0.239 e. The quantitative estimate of drug-likeness (QED) is 0.870. The van der Waals surface area contributed by atoms with E-state index in [1.165, 1.54) is 0 Å². The van der Waals surface area contributed by atoms with Gasteiger partial charge >= 0.3 is 0 Å². The average Bonchev–Trinajstić information content (AvgIpc) is 3.19. The molecule has 1 aliphatic rings. The zero-order valence-corrected chi connectivity index (χ0v) is 13.1. The van der Waals surface area contributed by atoms with Gasteiger partial charge in [-0.3, -0.25) is 9.69 Å². The summed E-state index contributed by atoms with van der Waals surface area (Å²) in [7, 11) is 3.62. The summed E-state index contributed by atoms with van der Waals surface area (Å²) in [6.45, 7) is 1.60. The summed E-state index contributed by atoms with van der Waals surface area (Å²) in [6, 6.07) is 3.95. The van der Waals surface area contributed by atoms with Crippen LogP contribution in [0.15, 0.2) is 28.2 Å². The lowest BCUT2D eigenvalue weighted by atomic mass is 10.2. The van der Waals surface area contributed by atoms with Gasteiger partial charge in [-0.25, -0.2) is 4.98 Å². The van der Waals surface area contributed by atoms with Crippen molar-refractivity contribution in [2.75, 3.05) is 20.6 Å². The Bertz CT molecular complexity index is 606. The van der Waals surface area contributed by atoms with Crippen LogP contribution < -0.4 is 0 Å². The first kappa shape index (κ1) is 14.3. The summed E-state index contributed by atoms with van der Waals surface area (Å²) in [6.07, 6.45) is 3.68. The van der Waals surface area contributed by atoms with Crippen molar-refractivity contribution in [3.63, 3.8) is 0 Å². The van der Waals surface area contributed by atoms with Crippen molar-refractivity contribution in [2.45, 2.75) is 25.4 Å². The number of rotatable bonds is 4. The highest BCUT2D eigenvalue weighted by atomic mass is 32.1. The molecule has 1 amide bonds. The lowest BCUT2D eigenvalue weighted by molar-refractivity contribution is -0.133. The first-order chi connectivity index (χ1) is 10.1. The summed E-state index contributed by atoms with van der Waals surface area (Å²) >= 11 is 1.61. The van der Waals surface area contributed by atoms with Crippen molar-refractivity contribution >= 4 is 17.2 Å². The summed E-state index contributed by atoms with van der Waals surface area (Å²) in [4.78, 5) is 21.6. The Kier molecular flexibility index (Phi) is 4.07. The molecule has 0 aliphatic carbocycles. The molecule has 3 rings (SSSR count). The van der Waals surface area contributed by atoms with Gasteiger partial charge in [0.15, 0.2) is 0 Å². The number of likely N-dealkylation sites (N-methyl/N-ethyl adjacent to an activating group) is 1. The number of aromatic nitrogens is 1. The van der Waals surface area contributed by atoms with Crippen LogP contribution in [0.2, 0.25) is 0 Å². The van der Waals surface area contributed by atoms with Gasteiger partial charge in [-0.05, 0) is 30.8 Å². The SMILES string of the molecule is CN(C)C(=O)C1CCCN1Cc1coc(-c2cccs2)n1. The molecule has 2 aromatic heterocycles. The molecule has 1 unspecified atom stereocenters. The van der Waals surface area contributed by atoms with Crippen molar-refractivity contribution < 1.29 is 9.21 Å². The Hall–Kier alpha value is -1.66. The van der Waals surface area contributed by atoms with Gasteiger partial charge in [0.25, 0.3) is 0 Å². The number of carbonyl (C=O) groups excluding carboxylic acids is 1. The van der Waals surface area contributed by atoms with Gasteiger partial charge in [-0.15, -0.1) is 11.3 Å². The molecule has 0 radical (unpaired) electrons. The molecular weight excluding hydrogens is 286 g/mol. The number of likely N-dealkylation sites (tertiary alicyclic amines) is 1. The topological polar surface area (TPSA) is 49.6 Å². The van der Waals surface area contributed by atoms with Gasteiger partial charge in [-0.2, -0.15) is 0 Å². The molecule has 1 fully saturated rings. The van der Waals surface area contributed by atoms with E-state index in [0.29, 0.717) is 12.4 Å². The molecule has 0 saturated carbocycles. The minimum Gasteiger partial charge on any atom is -0.444 e. The van der Waals surface area contributed by atoms with E-state index in [2.05, 4.69) is 9.88 Å². The number of amides is 1. The minimum atomic E-state index is -0.0260. The number of hydrogen-bond acceptors (Lipinski definition) is 5. The Morgan fingerprint density at radius 1 is 1.57 bits per heavy atom. The molecule has 0 bridgehead atoms. The summed E-state index contributed by atoms with van der Waals surface area (Å²) in [5, 5.41) is 2.01. The Morgan fingerprint density at radius 3 is 3.14 bits per heavy atom. The molecule has 6 heteroatoms. The van der Waals surface area contributed by atoms with Crippen molar-refractivity contribution in [3.05, 3.63) is 29.5 Å². The Morgan fingerprint density at radius 2 is 2.43 bits per heavy atom. The van der Waals surface area contributed by atoms with Crippen molar-refractivity contribution in [3.8, 4) is 10.8 Å². The normalized spacial score (nSPS) is 19.0. The smallest absolute Gasteiger partial charge is 0.239 e. The predicted octanol–water partition coefficient (Wildman–Crippen LogP) is 2.46. The highest BCUT2D eigenvalue weighted by molar-refractivity contribution is 7.13. The van der Waals surface area contributed by atoms with Gasteiger partial charge in [0.05, 0.1) is 16.6 Å². The Labute approximate surface area is 128 Å². The molecular formula is C15H19N3O2S. The molecule has 1 saturated heterocycles. The van der Waals surface area contributed by atoms with E-state index in [9.17, 15) is 4.79 Å². The van der Waals surface area contributed by atoms with Gasteiger partial charge in [0, 0.05) is 20.6 Å². The fourth-order valence-corrected chi connectivity index (χ4v) is 3.35. The number of hydrogen-bond donors (Lipinski definition) is 0. The van der Waals surface area contributed by atoms with Crippen LogP contribution in [0.3, 0.4) is 0 Å². The largest absolute Gasteiger partial charge is 0.444 e. The van der Waals surface area contributed by atoms with Crippen molar-refractivity contribution in [1.29, 1.82) is 0 Å². The molecule has 0 N–H and O–H groups in total. The van der Waals surface area contributed by atoms with E-state index in [-0.39, 0.29) is 11.9 Å². The Balaban J connectivity index is 1.70. The zero-order valence-electron chi connectivity index (χ0n) is 12.3. The number of nitrogens with zero attached hydrogens (tertiary/aromatic N) is 3. The number of thiophene rings is 1. The molecule has 5 nitrogen and oxygen atoms in total. The lowest BCUT2D eigenvalue weighted by Crippen LogP contribution is -2.42. The van der Waals surface area contributed by atoms with E-state index >= 15 is 0 Å². The van der Waals surface area contributed by atoms with Crippen LogP contribution in [-0.2, 0) is 11.3 Å². The van der Waals surface area contributed by atoms with Crippen LogP contribution >= 0.6 is 11.3 Å². The van der Waals surface area contributed by atoms with Crippen molar-refractivity contribution in [2.24, 2.45) is 0 Å². The second kappa shape index (κ2) is 5.99. The third kappa shape index (κ3) is 3.01. The van der Waals surface area contributed by atoms with Crippen LogP contribution in [0, 0.1) is 0 Å². The highest BCUT2D eigenvalue weighted by Crippen LogP contribution is 2.26. The van der Waals surface area contributed by atoms with Crippen LogP contribution in [-0.4, -0.2) is 47.4 Å². The summed E-state index contributed by atoms with van der Waals surface area (Å²) in [5.41, 5.74) is 0.886. The van der Waals surface area contributed by atoms with Gasteiger partial charge in [0.2, 0.25) is 11.8 Å². The zero-order chi connectivity index (χ0) is 14.8. The summed E-state index contributed by atoms with van der Waals surface area (Å²) in [5.74, 6) is 0.837. The summed E-state index contributed by atoms with van der Waals surface area (Å²) < 4.78 is 5.54. The second-order valence-electron chi connectivity index (χ2n) is 5.48. The monoisotopic (exact) mass is 305 g/mol. The van der Waals surface area contributed by atoms with Crippen LogP contribution in [0.25, 0.3) is 10.8 Å². The maximum atomic E-state index is 12.2. The maximum absolute atomic E-state index is 12.2. The van der Waals surface area contributed by atoms with Crippen LogP contribution in [0.1, 0.15) is 18.5 Å². The lowest BCUT2D eigenvalue weighted by Gasteiger charge is -2.25. The van der Waals surface area contributed by atoms with Gasteiger partial charge < -0.3 is 9.32 Å². The molecule has 21 heavy (non-hydrogen) atoms. The van der Waals surface area contributed by atoms with E-state index in [1.54, 1.807) is 22.5 Å². The predicted molar refractivity (Wildman–Crippen MR) is 81.9 cm³/mol. The van der Waals surface area contributed by atoms with Crippen LogP contribution in [0.4, 0.5) is 0 Å².